The van der Waals surface area contributed by atoms with Crippen LogP contribution in [0.4, 0.5) is 0 Å². The molecule has 0 amide bonds. The van der Waals surface area contributed by atoms with Crippen molar-refractivity contribution >= 4 is 10.9 Å². The van der Waals surface area contributed by atoms with Crippen LogP contribution in [-0.2, 0) is 0 Å². The lowest BCUT2D eigenvalue weighted by atomic mass is 9.84. The number of rotatable bonds is 5. The van der Waals surface area contributed by atoms with Crippen molar-refractivity contribution in [3.05, 3.63) is 41.6 Å². The maximum absolute atomic E-state index is 6.05. The SMILES string of the molecule is Cc1ccc2cc(C(CN)N(C)CC3CCC3)ccc2n1. The number of pyridine rings is 1. The first-order valence-electron chi connectivity index (χ1n) is 7.95. The number of nitrogens with two attached hydrogens (primary N) is 1. The quantitative estimate of drug-likeness (QED) is 0.915. The van der Waals surface area contributed by atoms with Crippen molar-refractivity contribution in [2.75, 3.05) is 20.1 Å². The number of aromatic nitrogens is 1. The maximum atomic E-state index is 6.05. The summed E-state index contributed by atoms with van der Waals surface area (Å²) in [5, 5.41) is 1.20. The van der Waals surface area contributed by atoms with E-state index in [9.17, 15) is 0 Å². The lowest BCUT2D eigenvalue weighted by molar-refractivity contribution is 0.165. The van der Waals surface area contributed by atoms with Crippen molar-refractivity contribution in [3.63, 3.8) is 0 Å². The molecule has 1 fully saturated rings. The Morgan fingerprint density at radius 3 is 2.76 bits per heavy atom. The Balaban J connectivity index is 1.83. The van der Waals surface area contributed by atoms with Gasteiger partial charge in [-0.05, 0) is 56.5 Å². The average molecular weight is 283 g/mol. The van der Waals surface area contributed by atoms with Gasteiger partial charge in [0.15, 0.2) is 0 Å². The summed E-state index contributed by atoms with van der Waals surface area (Å²) in [4.78, 5) is 7.00. The van der Waals surface area contributed by atoms with Gasteiger partial charge in [0.05, 0.1) is 5.52 Å². The van der Waals surface area contributed by atoms with Gasteiger partial charge in [0.2, 0.25) is 0 Å². The van der Waals surface area contributed by atoms with Crippen molar-refractivity contribution in [1.29, 1.82) is 0 Å². The predicted octanol–water partition coefficient (Wildman–Crippen LogP) is 3.27. The Morgan fingerprint density at radius 2 is 2.10 bits per heavy atom. The Morgan fingerprint density at radius 1 is 1.29 bits per heavy atom. The molecule has 1 heterocycles. The molecule has 0 aliphatic heterocycles. The van der Waals surface area contributed by atoms with E-state index in [4.69, 9.17) is 5.73 Å². The lowest BCUT2D eigenvalue weighted by Gasteiger charge is -2.34. The topological polar surface area (TPSA) is 42.1 Å². The maximum Gasteiger partial charge on any atom is 0.0705 e. The molecule has 0 saturated heterocycles. The molecule has 1 atom stereocenters. The highest BCUT2D eigenvalue weighted by Crippen LogP contribution is 2.30. The van der Waals surface area contributed by atoms with Crippen LogP contribution >= 0.6 is 0 Å². The molecular formula is C18H25N3. The molecule has 112 valence electrons. The van der Waals surface area contributed by atoms with Crippen LogP contribution in [-0.4, -0.2) is 30.0 Å². The highest BCUT2D eigenvalue weighted by atomic mass is 15.1. The zero-order valence-corrected chi connectivity index (χ0v) is 13.0. The number of hydrogen-bond acceptors (Lipinski definition) is 3. The monoisotopic (exact) mass is 283 g/mol. The number of benzene rings is 1. The molecule has 1 aliphatic carbocycles. The molecule has 0 bridgehead atoms. The van der Waals surface area contributed by atoms with Gasteiger partial charge in [0.25, 0.3) is 0 Å². The second kappa shape index (κ2) is 6.12. The molecular weight excluding hydrogens is 258 g/mol. The van der Waals surface area contributed by atoms with E-state index >= 15 is 0 Å². The van der Waals surface area contributed by atoms with Crippen LogP contribution in [0, 0.1) is 12.8 Å². The molecule has 1 aliphatic rings. The van der Waals surface area contributed by atoms with Crippen LogP contribution in [0.15, 0.2) is 30.3 Å². The Bertz CT molecular complexity index is 619. The van der Waals surface area contributed by atoms with E-state index < -0.39 is 0 Å². The van der Waals surface area contributed by atoms with Gasteiger partial charge in [-0.2, -0.15) is 0 Å². The number of aryl methyl sites for hydroxylation is 1. The van der Waals surface area contributed by atoms with Gasteiger partial charge < -0.3 is 5.73 Å². The van der Waals surface area contributed by atoms with E-state index in [1.807, 2.05) is 6.92 Å². The third kappa shape index (κ3) is 3.09. The summed E-state index contributed by atoms with van der Waals surface area (Å²) in [6.45, 7) is 3.85. The second-order valence-corrected chi connectivity index (χ2v) is 6.39. The number of fused-ring (bicyclic) bond motifs is 1. The van der Waals surface area contributed by atoms with Gasteiger partial charge >= 0.3 is 0 Å². The molecule has 2 N–H and O–H groups in total. The van der Waals surface area contributed by atoms with E-state index in [1.54, 1.807) is 0 Å². The Labute approximate surface area is 127 Å². The summed E-state index contributed by atoms with van der Waals surface area (Å²) in [7, 11) is 2.20. The third-order valence-corrected chi connectivity index (χ3v) is 4.76. The van der Waals surface area contributed by atoms with Crippen molar-refractivity contribution < 1.29 is 0 Å². The van der Waals surface area contributed by atoms with Crippen LogP contribution in [0.25, 0.3) is 10.9 Å². The Kier molecular flexibility index (Phi) is 4.22. The second-order valence-electron chi connectivity index (χ2n) is 6.39. The van der Waals surface area contributed by atoms with Gasteiger partial charge in [-0.1, -0.05) is 18.6 Å². The number of likely N-dealkylation sites (N-methyl/N-ethyl adjacent to an activating group) is 1. The number of nitrogens with zero attached hydrogens (tertiary/aromatic N) is 2. The molecule has 0 spiro atoms. The molecule has 3 nitrogen and oxygen atoms in total. The minimum atomic E-state index is 0.302. The first-order valence-corrected chi connectivity index (χ1v) is 7.95. The highest BCUT2D eigenvalue weighted by molar-refractivity contribution is 5.79. The van der Waals surface area contributed by atoms with Crippen molar-refractivity contribution in [2.24, 2.45) is 11.7 Å². The molecule has 3 rings (SSSR count). The molecule has 1 aromatic carbocycles. The molecule has 1 aromatic heterocycles. The largest absolute Gasteiger partial charge is 0.329 e. The third-order valence-electron chi connectivity index (χ3n) is 4.76. The van der Waals surface area contributed by atoms with Crippen LogP contribution in [0.5, 0.6) is 0 Å². The minimum absolute atomic E-state index is 0.302. The summed E-state index contributed by atoms with van der Waals surface area (Å²) in [5.41, 5.74) is 9.48. The van der Waals surface area contributed by atoms with Gasteiger partial charge in [-0.25, -0.2) is 0 Å². The fraction of sp³-hybridized carbons (Fsp3) is 0.500. The first-order chi connectivity index (χ1) is 10.2. The zero-order chi connectivity index (χ0) is 14.8. The van der Waals surface area contributed by atoms with Gasteiger partial charge in [-0.15, -0.1) is 0 Å². The van der Waals surface area contributed by atoms with Gasteiger partial charge in [0, 0.05) is 30.2 Å². The molecule has 1 saturated carbocycles. The summed E-state index contributed by atoms with van der Waals surface area (Å²) < 4.78 is 0. The lowest BCUT2D eigenvalue weighted by Crippen LogP contribution is -2.36. The van der Waals surface area contributed by atoms with E-state index in [0.717, 1.165) is 23.7 Å². The van der Waals surface area contributed by atoms with Crippen LogP contribution < -0.4 is 5.73 Å². The number of hydrogen-bond donors (Lipinski definition) is 1. The van der Waals surface area contributed by atoms with Gasteiger partial charge in [-0.3, -0.25) is 9.88 Å². The van der Waals surface area contributed by atoms with E-state index in [1.165, 1.54) is 30.2 Å². The van der Waals surface area contributed by atoms with Crippen LogP contribution in [0.1, 0.15) is 36.6 Å². The van der Waals surface area contributed by atoms with Crippen molar-refractivity contribution in [3.8, 4) is 0 Å². The van der Waals surface area contributed by atoms with Crippen molar-refractivity contribution in [2.45, 2.75) is 32.2 Å². The first kappa shape index (κ1) is 14.5. The molecule has 21 heavy (non-hydrogen) atoms. The fourth-order valence-electron chi connectivity index (χ4n) is 3.23. The summed E-state index contributed by atoms with van der Waals surface area (Å²) in [6, 6.07) is 11.1. The Hall–Kier alpha value is -1.45. The summed E-state index contributed by atoms with van der Waals surface area (Å²) >= 11 is 0. The van der Waals surface area contributed by atoms with Gasteiger partial charge in [0.1, 0.15) is 0 Å². The summed E-state index contributed by atoms with van der Waals surface area (Å²) in [6.07, 6.45) is 4.15. The molecule has 2 aromatic rings. The highest BCUT2D eigenvalue weighted by Gasteiger charge is 2.23. The normalized spacial score (nSPS) is 17.1. The standard InChI is InChI=1S/C18H25N3/c1-13-6-7-15-10-16(8-9-17(15)20-13)18(11-19)21(2)12-14-4-3-5-14/h6-10,14,18H,3-5,11-12,19H2,1-2H3. The molecule has 0 radical (unpaired) electrons. The van der Waals surface area contributed by atoms with E-state index in [0.29, 0.717) is 12.6 Å². The van der Waals surface area contributed by atoms with E-state index in [2.05, 4.69) is 47.3 Å². The average Bonchev–Trinajstić information content (AvgIpc) is 2.44. The zero-order valence-electron chi connectivity index (χ0n) is 13.0. The van der Waals surface area contributed by atoms with Crippen molar-refractivity contribution in [1.82, 2.24) is 9.88 Å². The molecule has 1 unspecified atom stereocenters. The molecule has 3 heteroatoms. The van der Waals surface area contributed by atoms with E-state index in [-0.39, 0.29) is 0 Å². The van der Waals surface area contributed by atoms with Crippen LogP contribution in [0.3, 0.4) is 0 Å². The summed E-state index contributed by atoms with van der Waals surface area (Å²) in [5.74, 6) is 0.869. The predicted molar refractivity (Wildman–Crippen MR) is 88.2 cm³/mol. The fourth-order valence-corrected chi connectivity index (χ4v) is 3.23. The smallest absolute Gasteiger partial charge is 0.0705 e. The minimum Gasteiger partial charge on any atom is -0.329 e. The van der Waals surface area contributed by atoms with Crippen LogP contribution in [0.2, 0.25) is 0 Å².